The van der Waals surface area contributed by atoms with Crippen LogP contribution in [0.4, 0.5) is 0 Å². The van der Waals surface area contributed by atoms with Crippen molar-refractivity contribution >= 4 is 28.8 Å². The van der Waals surface area contributed by atoms with Crippen molar-refractivity contribution in [1.82, 2.24) is 10.6 Å². The molecule has 1 saturated heterocycles. The van der Waals surface area contributed by atoms with E-state index in [2.05, 4.69) is 10.6 Å². The molecule has 18 heavy (non-hydrogen) atoms. The lowest BCUT2D eigenvalue weighted by atomic mass is 10.0. The predicted molar refractivity (Wildman–Crippen MR) is 76.1 cm³/mol. The molecule has 3 nitrogen and oxygen atoms in total. The largest absolute Gasteiger partial charge is 0.349 e. The molecule has 2 rings (SSSR count). The first-order chi connectivity index (χ1) is 8.65. The van der Waals surface area contributed by atoms with Crippen LogP contribution in [0.25, 0.3) is 0 Å². The highest BCUT2D eigenvalue weighted by Crippen LogP contribution is 2.26. The molecular weight excluding hydrogens is 268 g/mol. The Morgan fingerprint density at radius 2 is 2.50 bits per heavy atom. The van der Waals surface area contributed by atoms with Gasteiger partial charge in [-0.2, -0.15) is 0 Å². The molecule has 1 aliphatic rings. The number of thiophene rings is 1. The van der Waals surface area contributed by atoms with Gasteiger partial charge in [-0.25, -0.2) is 0 Å². The second-order valence-electron chi connectivity index (χ2n) is 4.83. The molecule has 2 N–H and O–H groups in total. The molecule has 2 atom stereocenters. The fourth-order valence-electron chi connectivity index (χ4n) is 2.24. The lowest BCUT2D eigenvalue weighted by molar-refractivity contribution is -0.122. The Morgan fingerprint density at radius 1 is 1.67 bits per heavy atom. The first-order valence-corrected chi connectivity index (χ1v) is 7.60. The van der Waals surface area contributed by atoms with Gasteiger partial charge >= 0.3 is 0 Å². The van der Waals surface area contributed by atoms with E-state index < -0.39 is 0 Å². The number of nitrogens with one attached hydrogen (secondary N) is 2. The van der Waals surface area contributed by atoms with Crippen molar-refractivity contribution < 1.29 is 4.79 Å². The van der Waals surface area contributed by atoms with Crippen molar-refractivity contribution in [2.75, 3.05) is 13.1 Å². The van der Waals surface area contributed by atoms with Crippen molar-refractivity contribution in [3.8, 4) is 0 Å². The van der Waals surface area contributed by atoms with E-state index in [1.807, 2.05) is 19.1 Å². The summed E-state index contributed by atoms with van der Waals surface area (Å²) in [6.07, 6.45) is 2.80. The van der Waals surface area contributed by atoms with Crippen molar-refractivity contribution in [2.24, 2.45) is 5.92 Å². The number of rotatable bonds is 5. The molecule has 0 radical (unpaired) electrons. The van der Waals surface area contributed by atoms with Gasteiger partial charge in [-0.1, -0.05) is 11.6 Å². The van der Waals surface area contributed by atoms with Crippen LogP contribution in [0.2, 0.25) is 4.34 Å². The topological polar surface area (TPSA) is 41.1 Å². The Kier molecular flexibility index (Phi) is 5.03. The summed E-state index contributed by atoms with van der Waals surface area (Å²) in [4.78, 5) is 12.9. The van der Waals surface area contributed by atoms with E-state index in [4.69, 9.17) is 11.6 Å². The molecule has 100 valence electrons. The standard InChI is InChI=1S/C13H19ClN2OS/c1-9(11-3-4-12(14)18-11)16-13(17)5-2-10-6-7-15-8-10/h3-4,9-10,15H,2,5-8H2,1H3,(H,16,17). The van der Waals surface area contributed by atoms with E-state index in [0.717, 1.165) is 28.7 Å². The van der Waals surface area contributed by atoms with Gasteiger partial charge in [0.25, 0.3) is 0 Å². The fourth-order valence-corrected chi connectivity index (χ4v) is 3.31. The van der Waals surface area contributed by atoms with Crippen LogP contribution in [0.5, 0.6) is 0 Å². The molecule has 1 fully saturated rings. The van der Waals surface area contributed by atoms with E-state index in [1.54, 1.807) is 0 Å². The van der Waals surface area contributed by atoms with Gasteiger partial charge in [-0.05, 0) is 50.9 Å². The average molecular weight is 287 g/mol. The highest BCUT2D eigenvalue weighted by atomic mass is 35.5. The molecule has 0 spiro atoms. The molecule has 0 aromatic carbocycles. The van der Waals surface area contributed by atoms with E-state index in [-0.39, 0.29) is 11.9 Å². The Balaban J connectivity index is 1.73. The third-order valence-corrected chi connectivity index (χ3v) is 4.75. The van der Waals surface area contributed by atoms with Gasteiger partial charge in [0.05, 0.1) is 10.4 Å². The zero-order valence-electron chi connectivity index (χ0n) is 10.5. The van der Waals surface area contributed by atoms with Crippen molar-refractivity contribution in [3.63, 3.8) is 0 Å². The second kappa shape index (κ2) is 6.55. The third kappa shape index (κ3) is 3.97. The molecule has 1 amide bonds. The Hall–Kier alpha value is -0.580. The summed E-state index contributed by atoms with van der Waals surface area (Å²) in [6.45, 7) is 4.15. The van der Waals surface area contributed by atoms with Crippen LogP contribution in [0.15, 0.2) is 12.1 Å². The predicted octanol–water partition coefficient (Wildman–Crippen LogP) is 2.97. The lowest BCUT2D eigenvalue weighted by Gasteiger charge is -2.13. The van der Waals surface area contributed by atoms with Gasteiger partial charge in [0, 0.05) is 11.3 Å². The molecule has 2 unspecified atom stereocenters. The van der Waals surface area contributed by atoms with E-state index >= 15 is 0 Å². The molecule has 1 aromatic rings. The van der Waals surface area contributed by atoms with Gasteiger partial charge in [-0.15, -0.1) is 11.3 Å². The Bertz CT molecular complexity index is 401. The van der Waals surface area contributed by atoms with Crippen LogP contribution in [-0.2, 0) is 4.79 Å². The summed E-state index contributed by atoms with van der Waals surface area (Å²) in [5, 5.41) is 6.35. The summed E-state index contributed by atoms with van der Waals surface area (Å²) < 4.78 is 0.767. The maximum Gasteiger partial charge on any atom is 0.220 e. The molecule has 0 aliphatic carbocycles. The van der Waals surface area contributed by atoms with Gasteiger partial charge in [0.2, 0.25) is 5.91 Å². The monoisotopic (exact) mass is 286 g/mol. The molecule has 1 aliphatic heterocycles. The van der Waals surface area contributed by atoms with Gasteiger partial charge in [0.15, 0.2) is 0 Å². The minimum absolute atomic E-state index is 0.0525. The summed E-state index contributed by atoms with van der Waals surface area (Å²) in [6, 6.07) is 3.89. The number of hydrogen-bond acceptors (Lipinski definition) is 3. The summed E-state index contributed by atoms with van der Waals surface area (Å²) in [5.74, 6) is 0.807. The molecular formula is C13H19ClN2OS. The lowest BCUT2D eigenvalue weighted by Crippen LogP contribution is -2.26. The first kappa shape index (κ1) is 13.8. The van der Waals surface area contributed by atoms with Crippen LogP contribution < -0.4 is 10.6 Å². The minimum atomic E-state index is 0.0525. The average Bonchev–Trinajstić information content (AvgIpc) is 2.97. The van der Waals surface area contributed by atoms with Gasteiger partial charge in [0.1, 0.15) is 0 Å². The normalized spacial score (nSPS) is 20.9. The fraction of sp³-hybridized carbons (Fsp3) is 0.615. The SMILES string of the molecule is CC(NC(=O)CCC1CCNC1)c1ccc(Cl)s1. The van der Waals surface area contributed by atoms with E-state index in [1.165, 1.54) is 17.8 Å². The van der Waals surface area contributed by atoms with Crippen LogP contribution in [0.3, 0.4) is 0 Å². The van der Waals surface area contributed by atoms with Crippen LogP contribution >= 0.6 is 22.9 Å². The minimum Gasteiger partial charge on any atom is -0.349 e. The van der Waals surface area contributed by atoms with Crippen LogP contribution in [0, 0.1) is 5.92 Å². The molecule has 5 heteroatoms. The smallest absolute Gasteiger partial charge is 0.220 e. The van der Waals surface area contributed by atoms with Crippen LogP contribution in [0.1, 0.15) is 37.1 Å². The molecule has 1 aromatic heterocycles. The number of carbonyl (C=O) groups excluding carboxylic acids is 1. The summed E-state index contributed by atoms with van der Waals surface area (Å²) >= 11 is 7.41. The van der Waals surface area contributed by atoms with Gasteiger partial charge < -0.3 is 10.6 Å². The Morgan fingerprint density at radius 3 is 3.11 bits per heavy atom. The second-order valence-corrected chi connectivity index (χ2v) is 6.58. The zero-order valence-corrected chi connectivity index (χ0v) is 12.1. The quantitative estimate of drug-likeness (QED) is 0.874. The van der Waals surface area contributed by atoms with Crippen LogP contribution in [-0.4, -0.2) is 19.0 Å². The number of amides is 1. The number of hydrogen-bond donors (Lipinski definition) is 2. The van der Waals surface area contributed by atoms with Crippen molar-refractivity contribution in [1.29, 1.82) is 0 Å². The van der Waals surface area contributed by atoms with E-state index in [0.29, 0.717) is 12.3 Å². The maximum absolute atomic E-state index is 11.8. The number of carbonyl (C=O) groups is 1. The molecule has 0 saturated carbocycles. The summed E-state index contributed by atoms with van der Waals surface area (Å²) in [5.41, 5.74) is 0. The van der Waals surface area contributed by atoms with Crippen molar-refractivity contribution in [3.05, 3.63) is 21.3 Å². The third-order valence-electron chi connectivity index (χ3n) is 3.34. The molecule has 0 bridgehead atoms. The summed E-state index contributed by atoms with van der Waals surface area (Å²) in [7, 11) is 0. The van der Waals surface area contributed by atoms with Gasteiger partial charge in [-0.3, -0.25) is 4.79 Å². The zero-order chi connectivity index (χ0) is 13.0. The van der Waals surface area contributed by atoms with Crippen molar-refractivity contribution in [2.45, 2.75) is 32.2 Å². The highest BCUT2D eigenvalue weighted by molar-refractivity contribution is 7.16. The maximum atomic E-state index is 11.8. The molecule has 2 heterocycles. The first-order valence-electron chi connectivity index (χ1n) is 6.40. The Labute approximate surface area is 117 Å². The number of halogens is 1. The van der Waals surface area contributed by atoms with E-state index in [9.17, 15) is 4.79 Å². The highest BCUT2D eigenvalue weighted by Gasteiger charge is 2.17.